The lowest BCUT2D eigenvalue weighted by molar-refractivity contribution is -0.137. The zero-order valence-corrected chi connectivity index (χ0v) is 13.7. The summed E-state index contributed by atoms with van der Waals surface area (Å²) in [6, 6.07) is 4.97. The Morgan fingerprint density at radius 2 is 2.04 bits per heavy atom. The van der Waals surface area contributed by atoms with Gasteiger partial charge in [0.2, 0.25) is 5.91 Å². The van der Waals surface area contributed by atoms with Crippen LogP contribution in [0.5, 0.6) is 0 Å². The van der Waals surface area contributed by atoms with Crippen LogP contribution in [0.15, 0.2) is 41.9 Å². The van der Waals surface area contributed by atoms with Crippen LogP contribution in [0, 0.1) is 0 Å². The van der Waals surface area contributed by atoms with Crippen molar-refractivity contribution in [2.45, 2.75) is 12.7 Å². The first-order valence-corrected chi connectivity index (χ1v) is 7.23. The monoisotopic (exact) mass is 342 g/mol. The second-order valence-electron chi connectivity index (χ2n) is 5.17. The van der Waals surface area contributed by atoms with Gasteiger partial charge in [-0.05, 0) is 17.7 Å². The summed E-state index contributed by atoms with van der Waals surface area (Å²) in [5.41, 5.74) is -0.296. The molecule has 0 saturated carbocycles. The number of hydrogen-bond acceptors (Lipinski definition) is 2. The van der Waals surface area contributed by atoms with E-state index in [1.807, 2.05) is 0 Å². The van der Waals surface area contributed by atoms with Gasteiger partial charge in [0.15, 0.2) is 5.96 Å². The van der Waals surface area contributed by atoms with E-state index < -0.39 is 11.7 Å². The minimum Gasteiger partial charge on any atom is -0.353 e. The van der Waals surface area contributed by atoms with Crippen molar-refractivity contribution in [3.8, 4) is 0 Å². The standard InChI is InChI=1S/C16H21F3N4O/c1-4-8-20-15(22-11-14(24)23(2)3)21-10-12-6-5-7-13(9-12)16(17,18)19/h4-7,9H,1,8,10-11H2,2-3H3,(H2,20,21,22). The van der Waals surface area contributed by atoms with E-state index in [9.17, 15) is 18.0 Å². The number of halogens is 3. The molecule has 0 unspecified atom stereocenters. The average Bonchev–Trinajstić information content (AvgIpc) is 2.53. The highest BCUT2D eigenvalue weighted by Crippen LogP contribution is 2.29. The van der Waals surface area contributed by atoms with Gasteiger partial charge < -0.3 is 15.5 Å². The number of nitrogens with one attached hydrogen (secondary N) is 2. The van der Waals surface area contributed by atoms with Gasteiger partial charge in [-0.15, -0.1) is 6.58 Å². The van der Waals surface area contributed by atoms with E-state index in [0.29, 0.717) is 18.1 Å². The van der Waals surface area contributed by atoms with Crippen molar-refractivity contribution in [2.75, 3.05) is 27.2 Å². The molecule has 1 aromatic rings. The number of aliphatic imine (C=N–C) groups is 1. The Kier molecular flexibility index (Phi) is 7.29. The van der Waals surface area contributed by atoms with E-state index in [2.05, 4.69) is 22.2 Å². The van der Waals surface area contributed by atoms with Crippen LogP contribution in [-0.2, 0) is 17.5 Å². The second-order valence-corrected chi connectivity index (χ2v) is 5.17. The molecule has 1 aromatic carbocycles. The molecule has 0 aliphatic rings. The summed E-state index contributed by atoms with van der Waals surface area (Å²) in [7, 11) is 3.25. The van der Waals surface area contributed by atoms with E-state index >= 15 is 0 Å². The molecule has 1 amide bonds. The molecule has 0 bridgehead atoms. The Balaban J connectivity index is 2.79. The second kappa shape index (κ2) is 8.95. The fraction of sp³-hybridized carbons (Fsp3) is 0.375. The maximum absolute atomic E-state index is 12.7. The largest absolute Gasteiger partial charge is 0.416 e. The van der Waals surface area contributed by atoms with Gasteiger partial charge in [0.1, 0.15) is 0 Å². The third kappa shape index (κ3) is 6.72. The number of likely N-dealkylation sites (N-methyl/N-ethyl adjacent to an activating group) is 1. The van der Waals surface area contributed by atoms with Crippen molar-refractivity contribution in [1.29, 1.82) is 0 Å². The van der Waals surface area contributed by atoms with Crippen LogP contribution in [0.25, 0.3) is 0 Å². The number of rotatable bonds is 6. The molecular formula is C16H21F3N4O. The summed E-state index contributed by atoms with van der Waals surface area (Å²) >= 11 is 0. The van der Waals surface area contributed by atoms with E-state index in [0.717, 1.165) is 12.1 Å². The van der Waals surface area contributed by atoms with E-state index in [1.54, 1.807) is 26.2 Å². The fourth-order valence-corrected chi connectivity index (χ4v) is 1.68. The Hall–Kier alpha value is -2.51. The number of amides is 1. The van der Waals surface area contributed by atoms with Crippen LogP contribution in [0.3, 0.4) is 0 Å². The van der Waals surface area contributed by atoms with Crippen LogP contribution in [-0.4, -0.2) is 44.0 Å². The van der Waals surface area contributed by atoms with Gasteiger partial charge in [-0.2, -0.15) is 13.2 Å². The Bertz CT molecular complexity index is 597. The number of carbonyl (C=O) groups excluding carboxylic acids is 1. The first-order valence-electron chi connectivity index (χ1n) is 7.23. The van der Waals surface area contributed by atoms with Crippen molar-refractivity contribution in [3.05, 3.63) is 48.0 Å². The van der Waals surface area contributed by atoms with Crippen LogP contribution in [0.4, 0.5) is 13.2 Å². The quantitative estimate of drug-likeness (QED) is 0.472. The van der Waals surface area contributed by atoms with E-state index in [4.69, 9.17) is 0 Å². The van der Waals surface area contributed by atoms with Crippen molar-refractivity contribution in [2.24, 2.45) is 4.99 Å². The predicted molar refractivity (Wildman–Crippen MR) is 87.5 cm³/mol. The SMILES string of the molecule is C=CCNC(=NCc1cccc(C(F)(F)F)c1)NCC(=O)N(C)C. The summed E-state index contributed by atoms with van der Waals surface area (Å²) in [6.07, 6.45) is -2.78. The van der Waals surface area contributed by atoms with Crippen LogP contribution in [0.2, 0.25) is 0 Å². The Morgan fingerprint density at radius 1 is 1.33 bits per heavy atom. The smallest absolute Gasteiger partial charge is 0.353 e. The molecule has 0 aliphatic heterocycles. The first kappa shape index (κ1) is 19.5. The maximum Gasteiger partial charge on any atom is 0.416 e. The van der Waals surface area contributed by atoms with E-state index in [-0.39, 0.29) is 19.0 Å². The average molecular weight is 342 g/mol. The summed E-state index contributed by atoms with van der Waals surface area (Å²) in [4.78, 5) is 17.2. The molecule has 8 heteroatoms. The van der Waals surface area contributed by atoms with Crippen molar-refractivity contribution < 1.29 is 18.0 Å². The fourth-order valence-electron chi connectivity index (χ4n) is 1.68. The maximum atomic E-state index is 12.7. The minimum atomic E-state index is -4.39. The lowest BCUT2D eigenvalue weighted by atomic mass is 10.1. The summed E-state index contributed by atoms with van der Waals surface area (Å²) in [5.74, 6) is 0.171. The zero-order chi connectivity index (χ0) is 18.2. The topological polar surface area (TPSA) is 56.7 Å². The van der Waals surface area contributed by atoms with Crippen molar-refractivity contribution in [3.63, 3.8) is 0 Å². The third-order valence-electron chi connectivity index (χ3n) is 2.99. The van der Waals surface area contributed by atoms with Crippen LogP contribution < -0.4 is 10.6 Å². The van der Waals surface area contributed by atoms with Gasteiger partial charge >= 0.3 is 6.18 Å². The molecule has 24 heavy (non-hydrogen) atoms. The summed E-state index contributed by atoms with van der Waals surface area (Å²) in [5, 5.41) is 5.74. The highest BCUT2D eigenvalue weighted by atomic mass is 19.4. The van der Waals surface area contributed by atoms with E-state index in [1.165, 1.54) is 11.0 Å². The number of alkyl halides is 3. The molecule has 0 atom stereocenters. The predicted octanol–water partition coefficient (Wildman–Crippen LogP) is 2.01. The number of guanidine groups is 1. The molecule has 0 heterocycles. The normalized spacial score (nSPS) is 11.8. The number of benzene rings is 1. The number of carbonyl (C=O) groups is 1. The molecule has 0 fully saturated rings. The number of hydrogen-bond donors (Lipinski definition) is 2. The van der Waals surface area contributed by atoms with Gasteiger partial charge in [-0.1, -0.05) is 18.2 Å². The van der Waals surface area contributed by atoms with Gasteiger partial charge in [0.05, 0.1) is 18.7 Å². The van der Waals surface area contributed by atoms with Crippen LogP contribution in [0.1, 0.15) is 11.1 Å². The van der Waals surface area contributed by atoms with Gasteiger partial charge in [-0.3, -0.25) is 4.79 Å². The third-order valence-corrected chi connectivity index (χ3v) is 2.99. The van der Waals surface area contributed by atoms with Gasteiger partial charge in [0, 0.05) is 20.6 Å². The molecular weight excluding hydrogens is 321 g/mol. The van der Waals surface area contributed by atoms with Gasteiger partial charge in [0.25, 0.3) is 0 Å². The lowest BCUT2D eigenvalue weighted by Gasteiger charge is -2.14. The Labute approximate surface area is 139 Å². The molecule has 0 aromatic heterocycles. The number of nitrogens with zero attached hydrogens (tertiary/aromatic N) is 2. The first-order chi connectivity index (χ1) is 11.2. The lowest BCUT2D eigenvalue weighted by Crippen LogP contribution is -2.43. The summed E-state index contributed by atoms with van der Waals surface area (Å²) < 4.78 is 38.1. The molecule has 0 spiro atoms. The van der Waals surface area contributed by atoms with Crippen molar-refractivity contribution in [1.82, 2.24) is 15.5 Å². The molecule has 5 nitrogen and oxygen atoms in total. The molecule has 0 aliphatic carbocycles. The highest BCUT2D eigenvalue weighted by molar-refractivity contribution is 5.86. The molecule has 0 radical (unpaired) electrons. The van der Waals surface area contributed by atoms with Crippen LogP contribution >= 0.6 is 0 Å². The van der Waals surface area contributed by atoms with Gasteiger partial charge in [-0.25, -0.2) is 4.99 Å². The minimum absolute atomic E-state index is 0.0264. The molecule has 2 N–H and O–H groups in total. The summed E-state index contributed by atoms with van der Waals surface area (Å²) in [6.45, 7) is 4.05. The zero-order valence-electron chi connectivity index (χ0n) is 13.7. The molecule has 0 saturated heterocycles. The van der Waals surface area contributed by atoms with Crippen molar-refractivity contribution >= 4 is 11.9 Å². The Morgan fingerprint density at radius 3 is 2.62 bits per heavy atom. The molecule has 1 rings (SSSR count). The molecule has 132 valence electrons. The highest BCUT2D eigenvalue weighted by Gasteiger charge is 2.30.